The van der Waals surface area contributed by atoms with E-state index in [-0.39, 0.29) is 0 Å². The Morgan fingerprint density at radius 2 is 2.18 bits per heavy atom. The zero-order valence-electron chi connectivity index (χ0n) is 10.9. The van der Waals surface area contributed by atoms with E-state index in [0.717, 1.165) is 6.07 Å². The number of rotatable bonds is 4. The minimum Gasteiger partial charge on any atom is -0.502 e. The summed E-state index contributed by atoms with van der Waals surface area (Å²) < 4.78 is 0.651. The lowest BCUT2D eigenvalue weighted by atomic mass is 10.2. The quantitative estimate of drug-likeness (QED) is 0.489. The molecule has 0 atom stereocenters. The highest BCUT2D eigenvalue weighted by Crippen LogP contribution is 2.25. The molecule has 0 spiro atoms. The van der Waals surface area contributed by atoms with Gasteiger partial charge in [-0.15, -0.1) is 0 Å². The van der Waals surface area contributed by atoms with Crippen LogP contribution in [0.2, 0.25) is 0 Å². The van der Waals surface area contributed by atoms with Crippen molar-refractivity contribution in [3.63, 3.8) is 0 Å². The monoisotopic (exact) mass is 364 g/mol. The number of benzene rings is 1. The number of hydrazone groups is 1. The van der Waals surface area contributed by atoms with E-state index in [4.69, 9.17) is 0 Å². The van der Waals surface area contributed by atoms with E-state index in [0.29, 0.717) is 15.6 Å². The molecular weight excluding hydrogens is 356 g/mol. The summed E-state index contributed by atoms with van der Waals surface area (Å²) >= 11 is 3.20. The predicted molar refractivity (Wildman–Crippen MR) is 81.8 cm³/mol. The molecule has 112 valence electrons. The van der Waals surface area contributed by atoms with Gasteiger partial charge in [0.1, 0.15) is 0 Å². The Bertz CT molecular complexity index is 763. The molecule has 2 rings (SSSR count). The van der Waals surface area contributed by atoms with E-state index in [1.54, 1.807) is 6.07 Å². The first-order valence-corrected chi connectivity index (χ1v) is 6.68. The molecule has 1 aromatic heterocycles. The third-order valence-electron chi connectivity index (χ3n) is 2.54. The SMILES string of the molecule is O=C(NN=Cc1ccc(O)c([N+](=O)[O-])c1)c1cncc(Br)c1. The fraction of sp³-hybridized carbons (Fsp3) is 0. The number of hydrogen-bond acceptors (Lipinski definition) is 6. The maximum Gasteiger partial charge on any atom is 0.311 e. The summed E-state index contributed by atoms with van der Waals surface area (Å²) in [5, 5.41) is 23.7. The first-order chi connectivity index (χ1) is 10.5. The molecule has 22 heavy (non-hydrogen) atoms. The van der Waals surface area contributed by atoms with Gasteiger partial charge in [-0.2, -0.15) is 5.10 Å². The Morgan fingerprint density at radius 1 is 1.41 bits per heavy atom. The molecule has 8 nitrogen and oxygen atoms in total. The lowest BCUT2D eigenvalue weighted by molar-refractivity contribution is -0.385. The van der Waals surface area contributed by atoms with Crippen LogP contribution in [0.25, 0.3) is 0 Å². The molecule has 0 bridgehead atoms. The highest BCUT2D eigenvalue weighted by atomic mass is 79.9. The summed E-state index contributed by atoms with van der Waals surface area (Å²) in [5.41, 5.74) is 2.50. The van der Waals surface area contributed by atoms with Crippen molar-refractivity contribution in [1.29, 1.82) is 0 Å². The average Bonchev–Trinajstić information content (AvgIpc) is 2.48. The second-order valence-electron chi connectivity index (χ2n) is 4.10. The lowest BCUT2D eigenvalue weighted by Gasteiger charge is -2.00. The highest BCUT2D eigenvalue weighted by Gasteiger charge is 2.12. The Morgan fingerprint density at radius 3 is 2.86 bits per heavy atom. The molecule has 2 N–H and O–H groups in total. The number of hydrogen-bond donors (Lipinski definition) is 2. The van der Waals surface area contributed by atoms with Crippen LogP contribution in [0.4, 0.5) is 5.69 Å². The third-order valence-corrected chi connectivity index (χ3v) is 2.98. The van der Waals surface area contributed by atoms with Crippen molar-refractivity contribution in [3.05, 3.63) is 62.4 Å². The second kappa shape index (κ2) is 6.76. The Labute approximate surface area is 132 Å². The lowest BCUT2D eigenvalue weighted by Crippen LogP contribution is -2.17. The van der Waals surface area contributed by atoms with Gasteiger partial charge in [0.25, 0.3) is 5.91 Å². The maximum absolute atomic E-state index is 11.8. The number of phenols is 1. The van der Waals surface area contributed by atoms with Crippen LogP contribution < -0.4 is 5.43 Å². The summed E-state index contributed by atoms with van der Waals surface area (Å²) in [4.78, 5) is 25.6. The van der Waals surface area contributed by atoms with Crippen LogP contribution in [0.5, 0.6) is 5.75 Å². The number of halogens is 1. The summed E-state index contributed by atoms with van der Waals surface area (Å²) in [6.45, 7) is 0. The van der Waals surface area contributed by atoms with Crippen molar-refractivity contribution in [2.45, 2.75) is 0 Å². The van der Waals surface area contributed by atoms with Gasteiger partial charge in [0, 0.05) is 28.5 Å². The predicted octanol–water partition coefficient (Wildman–Crippen LogP) is 2.22. The zero-order chi connectivity index (χ0) is 16.1. The smallest absolute Gasteiger partial charge is 0.311 e. The van der Waals surface area contributed by atoms with Crippen LogP contribution >= 0.6 is 15.9 Å². The highest BCUT2D eigenvalue weighted by molar-refractivity contribution is 9.10. The van der Waals surface area contributed by atoms with Crippen LogP contribution in [-0.2, 0) is 0 Å². The molecule has 2 aromatic rings. The van der Waals surface area contributed by atoms with Gasteiger partial charge in [-0.05, 0) is 34.1 Å². The number of nitro benzene ring substituents is 1. The van der Waals surface area contributed by atoms with Crippen LogP contribution in [0.15, 0.2) is 46.2 Å². The van der Waals surface area contributed by atoms with Gasteiger partial charge in [-0.3, -0.25) is 19.9 Å². The number of aromatic nitrogens is 1. The minimum absolute atomic E-state index is 0.309. The number of carbonyl (C=O) groups excluding carboxylic acids is 1. The molecule has 1 aromatic carbocycles. The van der Waals surface area contributed by atoms with Gasteiger partial charge >= 0.3 is 5.69 Å². The van der Waals surface area contributed by atoms with Gasteiger partial charge in [0.15, 0.2) is 5.75 Å². The van der Waals surface area contributed by atoms with E-state index in [1.165, 1.54) is 30.7 Å². The number of nitrogens with zero attached hydrogens (tertiary/aromatic N) is 3. The van der Waals surface area contributed by atoms with Crippen molar-refractivity contribution in [2.24, 2.45) is 5.10 Å². The minimum atomic E-state index is -0.710. The maximum atomic E-state index is 11.8. The van der Waals surface area contributed by atoms with Crippen molar-refractivity contribution >= 4 is 33.7 Å². The van der Waals surface area contributed by atoms with Crippen molar-refractivity contribution < 1.29 is 14.8 Å². The fourth-order valence-electron chi connectivity index (χ4n) is 1.53. The standard InChI is InChI=1S/C13H9BrN4O4/c14-10-4-9(6-15-7-10)13(20)17-16-5-8-1-2-12(19)11(3-8)18(21)22/h1-7,19H,(H,17,20). The Hall–Kier alpha value is -2.81. The van der Waals surface area contributed by atoms with E-state index >= 15 is 0 Å². The average molecular weight is 365 g/mol. The van der Waals surface area contributed by atoms with Crippen LogP contribution in [0.3, 0.4) is 0 Å². The Kier molecular flexibility index (Phi) is 4.79. The van der Waals surface area contributed by atoms with Gasteiger partial charge < -0.3 is 5.11 Å². The second-order valence-corrected chi connectivity index (χ2v) is 5.01. The molecule has 1 heterocycles. The van der Waals surface area contributed by atoms with Crippen molar-refractivity contribution in [1.82, 2.24) is 10.4 Å². The largest absolute Gasteiger partial charge is 0.502 e. The van der Waals surface area contributed by atoms with E-state index in [9.17, 15) is 20.0 Å². The number of phenolic OH excluding ortho intramolecular Hbond substituents is 1. The van der Waals surface area contributed by atoms with Gasteiger partial charge in [0.05, 0.1) is 16.7 Å². The molecule has 0 unspecified atom stereocenters. The topological polar surface area (TPSA) is 118 Å². The number of amides is 1. The van der Waals surface area contributed by atoms with Crippen LogP contribution in [0, 0.1) is 10.1 Å². The summed E-state index contributed by atoms with van der Waals surface area (Å²) in [6, 6.07) is 5.33. The molecule has 0 aliphatic rings. The van der Waals surface area contributed by atoms with E-state index in [1.807, 2.05) is 0 Å². The molecule has 0 aliphatic carbocycles. The first-order valence-electron chi connectivity index (χ1n) is 5.89. The molecule has 0 saturated heterocycles. The van der Waals surface area contributed by atoms with E-state index in [2.05, 4.69) is 31.4 Å². The molecule has 9 heteroatoms. The number of nitrogens with one attached hydrogen (secondary N) is 1. The van der Waals surface area contributed by atoms with Crippen LogP contribution in [0.1, 0.15) is 15.9 Å². The fourth-order valence-corrected chi connectivity index (χ4v) is 1.90. The van der Waals surface area contributed by atoms with Gasteiger partial charge in [-0.1, -0.05) is 0 Å². The number of nitro groups is 1. The molecule has 1 amide bonds. The van der Waals surface area contributed by atoms with Crippen LogP contribution in [-0.4, -0.2) is 27.1 Å². The normalized spacial score (nSPS) is 10.6. The molecular formula is C13H9BrN4O4. The summed E-state index contributed by atoms with van der Waals surface area (Å²) in [7, 11) is 0. The summed E-state index contributed by atoms with van der Waals surface area (Å²) in [5.74, 6) is -0.912. The molecule has 0 fully saturated rings. The van der Waals surface area contributed by atoms with E-state index < -0.39 is 22.3 Å². The van der Waals surface area contributed by atoms with Gasteiger partial charge in [-0.25, -0.2) is 5.43 Å². The number of pyridine rings is 1. The first kappa shape index (κ1) is 15.6. The third kappa shape index (κ3) is 3.85. The molecule has 0 radical (unpaired) electrons. The summed E-state index contributed by atoms with van der Waals surface area (Å²) in [6.07, 6.45) is 4.15. The van der Waals surface area contributed by atoms with Crippen molar-refractivity contribution in [3.8, 4) is 5.75 Å². The number of carbonyl (C=O) groups is 1. The van der Waals surface area contributed by atoms with Crippen molar-refractivity contribution in [2.75, 3.05) is 0 Å². The zero-order valence-corrected chi connectivity index (χ0v) is 12.5. The van der Waals surface area contributed by atoms with Gasteiger partial charge in [0.2, 0.25) is 0 Å². The molecule has 0 saturated carbocycles. The number of aromatic hydroxyl groups is 1. The Balaban J connectivity index is 2.08. The molecule has 0 aliphatic heterocycles.